The molecule has 0 saturated carbocycles. The van der Waals surface area contributed by atoms with Crippen molar-refractivity contribution >= 4 is 11.3 Å². The number of rotatable bonds is 2. The van der Waals surface area contributed by atoms with E-state index in [1.54, 1.807) is 11.3 Å². The molecule has 0 saturated heterocycles. The van der Waals surface area contributed by atoms with Crippen LogP contribution >= 0.6 is 11.3 Å². The summed E-state index contributed by atoms with van der Waals surface area (Å²) in [6.45, 7) is 0. The summed E-state index contributed by atoms with van der Waals surface area (Å²) in [5.41, 5.74) is 2.25. The molecule has 0 aliphatic heterocycles. The predicted molar refractivity (Wildman–Crippen MR) is 71.3 cm³/mol. The molecule has 2 unspecified atom stereocenters. The molecule has 2 aromatic rings. The highest BCUT2D eigenvalue weighted by Gasteiger charge is 2.45. The van der Waals surface area contributed by atoms with Crippen molar-refractivity contribution in [2.45, 2.75) is 24.4 Å². The molecule has 1 aromatic carbocycles. The average Bonchev–Trinajstić information content (AvgIpc) is 3.06. The van der Waals surface area contributed by atoms with Gasteiger partial charge in [-0.15, -0.1) is 0 Å². The molecule has 2 atom stereocenters. The Labute approximate surface area is 110 Å². The fourth-order valence-electron chi connectivity index (χ4n) is 2.82. The van der Waals surface area contributed by atoms with Gasteiger partial charge >= 0.3 is 0 Å². The number of nitriles is 1. The van der Waals surface area contributed by atoms with Crippen molar-refractivity contribution in [1.29, 1.82) is 5.26 Å². The molecule has 2 nitrogen and oxygen atoms in total. The third-order valence-electron chi connectivity index (χ3n) is 3.81. The van der Waals surface area contributed by atoms with Crippen LogP contribution < -0.4 is 0 Å². The monoisotopic (exact) mass is 255 g/mol. The van der Waals surface area contributed by atoms with Crippen LogP contribution in [0.15, 0.2) is 41.1 Å². The van der Waals surface area contributed by atoms with Gasteiger partial charge in [-0.3, -0.25) is 0 Å². The Morgan fingerprint density at radius 2 is 2.17 bits per heavy atom. The minimum absolute atomic E-state index is 0.694. The van der Waals surface area contributed by atoms with Crippen molar-refractivity contribution in [2.75, 3.05) is 0 Å². The summed E-state index contributed by atoms with van der Waals surface area (Å²) in [5, 5.41) is 24.1. The first kappa shape index (κ1) is 11.5. The summed E-state index contributed by atoms with van der Waals surface area (Å²) in [6.07, 6.45) is 0.822. The van der Waals surface area contributed by atoms with Crippen LogP contribution in [0, 0.1) is 11.3 Å². The highest BCUT2D eigenvalue weighted by molar-refractivity contribution is 7.07. The van der Waals surface area contributed by atoms with E-state index in [0.717, 1.165) is 17.5 Å². The van der Waals surface area contributed by atoms with E-state index >= 15 is 0 Å². The SMILES string of the molecule is N#CC1(C(O)c2ccsc2)CCc2ccccc21. The van der Waals surface area contributed by atoms with Crippen LogP contribution in [0.3, 0.4) is 0 Å². The molecule has 90 valence electrons. The number of aliphatic hydroxyl groups is 1. The number of fused-ring (bicyclic) bond motifs is 1. The Hall–Kier alpha value is -1.63. The van der Waals surface area contributed by atoms with E-state index in [0.29, 0.717) is 6.42 Å². The molecule has 1 N–H and O–H groups in total. The summed E-state index contributed by atoms with van der Waals surface area (Å²) in [7, 11) is 0. The van der Waals surface area contributed by atoms with Gasteiger partial charge in [0.1, 0.15) is 11.5 Å². The van der Waals surface area contributed by atoms with Gasteiger partial charge in [-0.1, -0.05) is 24.3 Å². The van der Waals surface area contributed by atoms with E-state index in [-0.39, 0.29) is 0 Å². The number of hydrogen-bond donors (Lipinski definition) is 1. The van der Waals surface area contributed by atoms with E-state index in [1.807, 2.05) is 35.0 Å². The zero-order valence-electron chi connectivity index (χ0n) is 9.84. The number of aliphatic hydroxyl groups excluding tert-OH is 1. The Balaban J connectivity index is 2.11. The maximum Gasteiger partial charge on any atom is 0.113 e. The smallest absolute Gasteiger partial charge is 0.113 e. The van der Waals surface area contributed by atoms with Crippen molar-refractivity contribution < 1.29 is 5.11 Å². The first-order chi connectivity index (χ1) is 8.78. The van der Waals surface area contributed by atoms with Gasteiger partial charge in [0, 0.05) is 0 Å². The Morgan fingerprint density at radius 3 is 2.89 bits per heavy atom. The number of hydrogen-bond acceptors (Lipinski definition) is 3. The number of nitrogens with zero attached hydrogens (tertiary/aromatic N) is 1. The molecule has 0 fully saturated rings. The summed E-state index contributed by atoms with van der Waals surface area (Å²) in [6, 6.07) is 12.2. The topological polar surface area (TPSA) is 44.0 Å². The highest BCUT2D eigenvalue weighted by Crippen LogP contribution is 2.47. The zero-order chi connectivity index (χ0) is 12.6. The van der Waals surface area contributed by atoms with Gasteiger partial charge in [-0.05, 0) is 46.4 Å². The molecule has 3 rings (SSSR count). The second-order valence-corrected chi connectivity index (χ2v) is 5.48. The van der Waals surface area contributed by atoms with Crippen LogP contribution in [-0.4, -0.2) is 5.11 Å². The van der Waals surface area contributed by atoms with Crippen molar-refractivity contribution in [3.63, 3.8) is 0 Å². The average molecular weight is 255 g/mol. The van der Waals surface area contributed by atoms with Gasteiger partial charge in [0.2, 0.25) is 0 Å². The van der Waals surface area contributed by atoms with Crippen molar-refractivity contribution in [3.05, 3.63) is 57.8 Å². The fraction of sp³-hybridized carbons (Fsp3) is 0.267. The van der Waals surface area contributed by atoms with Gasteiger partial charge in [-0.25, -0.2) is 0 Å². The Morgan fingerprint density at radius 1 is 1.33 bits per heavy atom. The summed E-state index contributed by atoms with van der Waals surface area (Å²) in [5.74, 6) is 0. The summed E-state index contributed by atoms with van der Waals surface area (Å²) < 4.78 is 0. The number of thiophene rings is 1. The number of aryl methyl sites for hydroxylation is 1. The van der Waals surface area contributed by atoms with E-state index in [4.69, 9.17) is 0 Å². The molecule has 3 heteroatoms. The minimum Gasteiger partial charge on any atom is -0.386 e. The van der Waals surface area contributed by atoms with Gasteiger partial charge in [0.15, 0.2) is 0 Å². The highest BCUT2D eigenvalue weighted by atomic mass is 32.1. The first-order valence-corrected chi connectivity index (χ1v) is 6.92. The lowest BCUT2D eigenvalue weighted by Crippen LogP contribution is -2.29. The normalized spacial score (nSPS) is 23.3. The van der Waals surface area contributed by atoms with Crippen LogP contribution in [0.1, 0.15) is 29.2 Å². The van der Waals surface area contributed by atoms with Crippen LogP contribution in [0.25, 0.3) is 0 Å². The Kier molecular flexibility index (Phi) is 2.70. The molecular formula is C15H13NOS. The van der Waals surface area contributed by atoms with Crippen molar-refractivity contribution in [3.8, 4) is 6.07 Å². The maximum atomic E-state index is 10.6. The molecule has 1 aromatic heterocycles. The standard InChI is InChI=1S/C15H13NOS/c16-10-15(14(17)12-6-8-18-9-12)7-5-11-3-1-2-4-13(11)15/h1-4,6,8-9,14,17H,5,7H2. The van der Waals surface area contributed by atoms with Gasteiger partial charge < -0.3 is 5.11 Å². The van der Waals surface area contributed by atoms with Crippen molar-refractivity contribution in [1.82, 2.24) is 0 Å². The second kappa shape index (κ2) is 4.24. The summed E-state index contributed by atoms with van der Waals surface area (Å²) in [4.78, 5) is 0. The van der Waals surface area contributed by atoms with Gasteiger partial charge in [0.05, 0.1) is 6.07 Å². The first-order valence-electron chi connectivity index (χ1n) is 5.98. The molecule has 0 radical (unpaired) electrons. The Bertz CT molecular complexity index is 599. The minimum atomic E-state index is -0.780. The van der Waals surface area contributed by atoms with Gasteiger partial charge in [-0.2, -0.15) is 16.6 Å². The fourth-order valence-corrected chi connectivity index (χ4v) is 3.50. The molecule has 1 aliphatic rings. The predicted octanol–water partition coefficient (Wildman–Crippen LogP) is 3.19. The largest absolute Gasteiger partial charge is 0.386 e. The van der Waals surface area contributed by atoms with Crippen molar-refractivity contribution in [2.24, 2.45) is 0 Å². The van der Waals surface area contributed by atoms with Crippen LogP contribution in [-0.2, 0) is 11.8 Å². The van der Waals surface area contributed by atoms with E-state index in [2.05, 4.69) is 12.1 Å². The third-order valence-corrected chi connectivity index (χ3v) is 4.51. The third kappa shape index (κ3) is 1.50. The molecule has 0 bridgehead atoms. The molecular weight excluding hydrogens is 242 g/mol. The lowest BCUT2D eigenvalue weighted by atomic mass is 9.76. The zero-order valence-corrected chi connectivity index (χ0v) is 10.7. The second-order valence-electron chi connectivity index (χ2n) is 4.70. The molecule has 0 spiro atoms. The lowest BCUT2D eigenvalue weighted by Gasteiger charge is -2.28. The molecule has 1 aliphatic carbocycles. The molecule has 18 heavy (non-hydrogen) atoms. The maximum absolute atomic E-state index is 10.6. The molecule has 0 amide bonds. The number of benzene rings is 1. The van der Waals surface area contributed by atoms with E-state index in [1.165, 1.54) is 5.56 Å². The summed E-state index contributed by atoms with van der Waals surface area (Å²) >= 11 is 1.55. The van der Waals surface area contributed by atoms with Crippen LogP contribution in [0.2, 0.25) is 0 Å². The quantitative estimate of drug-likeness (QED) is 0.895. The molecule has 1 heterocycles. The van der Waals surface area contributed by atoms with E-state index in [9.17, 15) is 10.4 Å². The lowest BCUT2D eigenvalue weighted by molar-refractivity contribution is 0.111. The van der Waals surface area contributed by atoms with E-state index < -0.39 is 11.5 Å². The van der Waals surface area contributed by atoms with Crippen LogP contribution in [0.4, 0.5) is 0 Å². The van der Waals surface area contributed by atoms with Crippen LogP contribution in [0.5, 0.6) is 0 Å². The van der Waals surface area contributed by atoms with Gasteiger partial charge in [0.25, 0.3) is 0 Å².